The number of fused-ring (bicyclic) bond motifs is 1. The zero-order valence-electron chi connectivity index (χ0n) is 9.42. The number of primary amides is 1. The zero-order chi connectivity index (χ0) is 11.5. The molecule has 0 radical (unpaired) electrons. The molecule has 0 saturated carbocycles. The monoisotopic (exact) mass is 255 g/mol. The summed E-state index contributed by atoms with van der Waals surface area (Å²) in [7, 11) is 1.60. The Morgan fingerprint density at radius 1 is 1.47 bits per heavy atom. The van der Waals surface area contributed by atoms with Gasteiger partial charge in [0.1, 0.15) is 5.69 Å². The van der Waals surface area contributed by atoms with E-state index in [2.05, 4.69) is 5.10 Å². The van der Waals surface area contributed by atoms with Crippen LogP contribution in [0.3, 0.4) is 0 Å². The number of carbonyl (C=O) groups excluding carboxylic acids is 1. The molecule has 1 amide bonds. The van der Waals surface area contributed by atoms with E-state index in [0.717, 1.165) is 10.9 Å². The molecule has 0 atom stereocenters. The summed E-state index contributed by atoms with van der Waals surface area (Å²) in [6, 6.07) is 7.43. The molecular weight excluding hydrogens is 242 g/mol. The number of methoxy groups -OCH3 is 1. The van der Waals surface area contributed by atoms with Gasteiger partial charge in [0.2, 0.25) is 0 Å². The number of nitrogens with zero attached hydrogens (tertiary/aromatic N) is 2. The van der Waals surface area contributed by atoms with Crippen molar-refractivity contribution in [2.45, 2.75) is 6.54 Å². The number of ether oxygens (including phenoxy) is 1. The quantitative estimate of drug-likeness (QED) is 0.893. The van der Waals surface area contributed by atoms with E-state index in [-0.39, 0.29) is 12.4 Å². The predicted octanol–water partition coefficient (Wildman–Crippen LogP) is 1.20. The Balaban J connectivity index is 0.00000144. The first-order valence-electron chi connectivity index (χ1n) is 4.98. The van der Waals surface area contributed by atoms with Crippen LogP contribution in [-0.2, 0) is 11.3 Å². The van der Waals surface area contributed by atoms with E-state index in [1.807, 2.05) is 24.3 Å². The van der Waals surface area contributed by atoms with E-state index >= 15 is 0 Å². The molecule has 2 N–H and O–H groups in total. The number of hydrogen-bond donors (Lipinski definition) is 1. The molecule has 2 aromatic rings. The Morgan fingerprint density at radius 3 is 2.82 bits per heavy atom. The van der Waals surface area contributed by atoms with Crippen molar-refractivity contribution in [1.29, 1.82) is 0 Å². The molecule has 0 bridgehead atoms. The van der Waals surface area contributed by atoms with Crippen molar-refractivity contribution in [3.63, 3.8) is 0 Å². The molecular formula is C11H14ClN3O2. The van der Waals surface area contributed by atoms with Gasteiger partial charge in [-0.15, -0.1) is 12.4 Å². The number of hydrogen-bond acceptors (Lipinski definition) is 3. The molecule has 0 aliphatic carbocycles. The molecule has 1 aromatic carbocycles. The SMILES string of the molecule is COCCn1nc2ccccc2c1C(N)=O.Cl. The number of nitrogens with two attached hydrogens (primary N) is 1. The highest BCUT2D eigenvalue weighted by Crippen LogP contribution is 2.17. The van der Waals surface area contributed by atoms with Gasteiger partial charge in [0, 0.05) is 12.5 Å². The molecule has 1 heterocycles. The maximum atomic E-state index is 11.4. The van der Waals surface area contributed by atoms with Gasteiger partial charge in [0.15, 0.2) is 0 Å². The van der Waals surface area contributed by atoms with Crippen LogP contribution >= 0.6 is 12.4 Å². The van der Waals surface area contributed by atoms with Crippen LogP contribution in [0.2, 0.25) is 0 Å². The van der Waals surface area contributed by atoms with Gasteiger partial charge in [-0.05, 0) is 6.07 Å². The lowest BCUT2D eigenvalue weighted by Crippen LogP contribution is -2.19. The van der Waals surface area contributed by atoms with E-state index in [1.54, 1.807) is 11.8 Å². The van der Waals surface area contributed by atoms with Gasteiger partial charge in [-0.3, -0.25) is 9.48 Å². The van der Waals surface area contributed by atoms with Crippen LogP contribution < -0.4 is 5.73 Å². The summed E-state index contributed by atoms with van der Waals surface area (Å²) in [5, 5.41) is 5.09. The lowest BCUT2D eigenvalue weighted by molar-refractivity contribution is 0.0988. The Labute approximate surface area is 105 Å². The van der Waals surface area contributed by atoms with Crippen LogP contribution in [-0.4, -0.2) is 29.4 Å². The molecule has 1 aromatic heterocycles. The van der Waals surface area contributed by atoms with Crippen molar-refractivity contribution in [2.24, 2.45) is 5.73 Å². The first-order chi connectivity index (χ1) is 7.74. The second-order valence-electron chi connectivity index (χ2n) is 3.45. The van der Waals surface area contributed by atoms with E-state index in [1.165, 1.54) is 0 Å². The standard InChI is InChI=1S/C11H13N3O2.ClH/c1-16-7-6-14-10(11(12)15)8-4-2-3-5-9(8)13-14;/h2-5H,6-7H2,1H3,(H2,12,15);1H. The van der Waals surface area contributed by atoms with Crippen molar-refractivity contribution >= 4 is 29.2 Å². The van der Waals surface area contributed by atoms with Gasteiger partial charge in [0.25, 0.3) is 5.91 Å². The normalized spacial score (nSPS) is 10.2. The average Bonchev–Trinajstić information content (AvgIpc) is 2.64. The molecule has 0 fully saturated rings. The largest absolute Gasteiger partial charge is 0.383 e. The van der Waals surface area contributed by atoms with Crippen molar-refractivity contribution in [3.8, 4) is 0 Å². The van der Waals surface area contributed by atoms with Crippen molar-refractivity contribution in [3.05, 3.63) is 30.0 Å². The fourth-order valence-corrected chi connectivity index (χ4v) is 1.68. The average molecular weight is 256 g/mol. The molecule has 0 aliphatic rings. The van der Waals surface area contributed by atoms with Crippen molar-refractivity contribution < 1.29 is 9.53 Å². The van der Waals surface area contributed by atoms with Gasteiger partial charge in [-0.1, -0.05) is 18.2 Å². The Morgan fingerprint density at radius 2 is 2.18 bits per heavy atom. The zero-order valence-corrected chi connectivity index (χ0v) is 10.2. The number of halogens is 1. The molecule has 6 heteroatoms. The van der Waals surface area contributed by atoms with Gasteiger partial charge in [-0.2, -0.15) is 5.10 Å². The first-order valence-corrected chi connectivity index (χ1v) is 4.98. The van der Waals surface area contributed by atoms with E-state index in [9.17, 15) is 4.79 Å². The van der Waals surface area contributed by atoms with Gasteiger partial charge in [-0.25, -0.2) is 0 Å². The lowest BCUT2D eigenvalue weighted by atomic mass is 10.2. The molecule has 0 unspecified atom stereocenters. The molecule has 0 saturated heterocycles. The number of amides is 1. The summed E-state index contributed by atoms with van der Waals surface area (Å²) in [6.45, 7) is 1.01. The predicted molar refractivity (Wildman–Crippen MR) is 67.4 cm³/mol. The summed E-state index contributed by atoms with van der Waals surface area (Å²) < 4.78 is 6.56. The molecule has 5 nitrogen and oxygen atoms in total. The fraction of sp³-hybridized carbons (Fsp3) is 0.273. The smallest absolute Gasteiger partial charge is 0.267 e. The molecule has 0 aliphatic heterocycles. The van der Waals surface area contributed by atoms with Gasteiger partial charge < -0.3 is 10.5 Å². The Kier molecular flexibility index (Phi) is 4.48. The van der Waals surface area contributed by atoms with Gasteiger partial charge >= 0.3 is 0 Å². The summed E-state index contributed by atoms with van der Waals surface area (Å²) in [6.07, 6.45) is 0. The van der Waals surface area contributed by atoms with E-state index < -0.39 is 5.91 Å². The summed E-state index contributed by atoms with van der Waals surface area (Å²) in [5.74, 6) is -0.468. The van der Waals surface area contributed by atoms with Crippen LogP contribution in [0.1, 0.15) is 10.5 Å². The third kappa shape index (κ3) is 2.57. The number of rotatable bonds is 4. The number of aromatic nitrogens is 2. The summed E-state index contributed by atoms with van der Waals surface area (Å²) in [4.78, 5) is 11.4. The van der Waals surface area contributed by atoms with Crippen molar-refractivity contribution in [2.75, 3.05) is 13.7 Å². The minimum atomic E-state index is -0.468. The Bertz CT molecular complexity index is 524. The van der Waals surface area contributed by atoms with Crippen LogP contribution in [0.4, 0.5) is 0 Å². The highest BCUT2D eigenvalue weighted by Gasteiger charge is 2.14. The molecule has 92 valence electrons. The molecule has 0 spiro atoms. The fourth-order valence-electron chi connectivity index (χ4n) is 1.68. The van der Waals surface area contributed by atoms with E-state index in [4.69, 9.17) is 10.5 Å². The highest BCUT2D eigenvalue weighted by atomic mass is 35.5. The van der Waals surface area contributed by atoms with Crippen LogP contribution in [0.15, 0.2) is 24.3 Å². The topological polar surface area (TPSA) is 70.1 Å². The second-order valence-corrected chi connectivity index (χ2v) is 3.45. The van der Waals surface area contributed by atoms with Crippen LogP contribution in [0, 0.1) is 0 Å². The number of benzene rings is 1. The third-order valence-corrected chi connectivity index (χ3v) is 2.39. The van der Waals surface area contributed by atoms with Gasteiger partial charge in [0.05, 0.1) is 18.7 Å². The number of carbonyl (C=O) groups is 1. The lowest BCUT2D eigenvalue weighted by Gasteiger charge is -2.03. The van der Waals surface area contributed by atoms with Crippen molar-refractivity contribution in [1.82, 2.24) is 9.78 Å². The van der Waals surface area contributed by atoms with Crippen LogP contribution in [0.25, 0.3) is 10.9 Å². The Hall–Kier alpha value is -1.59. The third-order valence-electron chi connectivity index (χ3n) is 2.39. The summed E-state index contributed by atoms with van der Waals surface area (Å²) in [5.41, 5.74) is 6.56. The molecule has 17 heavy (non-hydrogen) atoms. The maximum absolute atomic E-state index is 11.4. The molecule has 2 rings (SSSR count). The minimum absolute atomic E-state index is 0. The maximum Gasteiger partial charge on any atom is 0.267 e. The van der Waals surface area contributed by atoms with Crippen LogP contribution in [0.5, 0.6) is 0 Å². The highest BCUT2D eigenvalue weighted by molar-refractivity contribution is 6.04. The minimum Gasteiger partial charge on any atom is -0.383 e. The second kappa shape index (κ2) is 5.65. The first kappa shape index (κ1) is 13.5. The summed E-state index contributed by atoms with van der Waals surface area (Å²) >= 11 is 0. The van der Waals surface area contributed by atoms with E-state index in [0.29, 0.717) is 18.8 Å².